The molecule has 1 heterocycles. The molecule has 2 aromatic carbocycles. The summed E-state index contributed by atoms with van der Waals surface area (Å²) < 4.78 is 4.77. The highest BCUT2D eigenvalue weighted by Crippen LogP contribution is 2.37. The smallest absolute Gasteiger partial charge is 0.337 e. The van der Waals surface area contributed by atoms with Crippen molar-refractivity contribution in [1.82, 2.24) is 0 Å². The van der Waals surface area contributed by atoms with Crippen molar-refractivity contribution in [3.63, 3.8) is 0 Å². The van der Waals surface area contributed by atoms with E-state index in [0.717, 1.165) is 25.6 Å². The van der Waals surface area contributed by atoms with Gasteiger partial charge in [0.15, 0.2) is 0 Å². The standard InChI is InChI=1S/C21H24N2O2/c1-25-21(24)18-10-8-17(9-11-18)15-23-13-12-22(14-16-6-7-16)19-4-2-3-5-20(19)23/h2-5,8-11,16H,6-7,12-15H2,1H3. The molecule has 0 N–H and O–H groups in total. The summed E-state index contributed by atoms with van der Waals surface area (Å²) in [6.07, 6.45) is 2.77. The number of nitrogens with zero attached hydrogens (tertiary/aromatic N) is 2. The van der Waals surface area contributed by atoms with E-state index in [-0.39, 0.29) is 5.97 Å². The van der Waals surface area contributed by atoms with Gasteiger partial charge in [0.25, 0.3) is 0 Å². The van der Waals surface area contributed by atoms with E-state index in [9.17, 15) is 4.79 Å². The second kappa shape index (κ2) is 6.79. The molecule has 130 valence electrons. The van der Waals surface area contributed by atoms with Gasteiger partial charge in [-0.1, -0.05) is 24.3 Å². The lowest BCUT2D eigenvalue weighted by atomic mass is 10.1. The number of ether oxygens (including phenoxy) is 1. The molecule has 0 unspecified atom stereocenters. The first kappa shape index (κ1) is 16.0. The maximum atomic E-state index is 11.6. The molecule has 4 heteroatoms. The van der Waals surface area contributed by atoms with Gasteiger partial charge < -0.3 is 14.5 Å². The Balaban J connectivity index is 1.51. The van der Waals surface area contributed by atoms with Crippen LogP contribution < -0.4 is 9.80 Å². The largest absolute Gasteiger partial charge is 0.465 e. The molecule has 1 fully saturated rings. The Kier molecular flexibility index (Phi) is 4.35. The molecule has 25 heavy (non-hydrogen) atoms. The van der Waals surface area contributed by atoms with Crippen molar-refractivity contribution < 1.29 is 9.53 Å². The lowest BCUT2D eigenvalue weighted by Gasteiger charge is -2.39. The fraction of sp³-hybridized carbons (Fsp3) is 0.381. The van der Waals surface area contributed by atoms with Gasteiger partial charge in [-0.05, 0) is 48.6 Å². The van der Waals surface area contributed by atoms with E-state index in [0.29, 0.717) is 5.56 Å². The van der Waals surface area contributed by atoms with Crippen LogP contribution in [-0.2, 0) is 11.3 Å². The van der Waals surface area contributed by atoms with E-state index in [1.165, 1.54) is 43.4 Å². The third-order valence-corrected chi connectivity index (χ3v) is 5.13. The van der Waals surface area contributed by atoms with Gasteiger partial charge in [0, 0.05) is 26.2 Å². The monoisotopic (exact) mass is 336 g/mol. The van der Waals surface area contributed by atoms with Crippen molar-refractivity contribution in [2.75, 3.05) is 36.5 Å². The summed E-state index contributed by atoms with van der Waals surface area (Å²) in [6.45, 7) is 4.16. The van der Waals surface area contributed by atoms with Gasteiger partial charge >= 0.3 is 5.97 Å². The van der Waals surface area contributed by atoms with E-state index >= 15 is 0 Å². The van der Waals surface area contributed by atoms with Crippen LogP contribution in [0.25, 0.3) is 0 Å². The highest BCUT2D eigenvalue weighted by Gasteiger charge is 2.28. The second-order valence-corrected chi connectivity index (χ2v) is 6.99. The van der Waals surface area contributed by atoms with Crippen LogP contribution in [-0.4, -0.2) is 32.7 Å². The second-order valence-electron chi connectivity index (χ2n) is 6.99. The minimum atomic E-state index is -0.286. The molecule has 0 bridgehead atoms. The van der Waals surface area contributed by atoms with Gasteiger partial charge in [0.2, 0.25) is 0 Å². The van der Waals surface area contributed by atoms with Gasteiger partial charge in [0.05, 0.1) is 24.0 Å². The number of hydrogen-bond donors (Lipinski definition) is 0. The third-order valence-electron chi connectivity index (χ3n) is 5.13. The summed E-state index contributed by atoms with van der Waals surface area (Å²) in [4.78, 5) is 16.6. The summed E-state index contributed by atoms with van der Waals surface area (Å²) in [5.41, 5.74) is 4.47. The predicted molar refractivity (Wildman–Crippen MR) is 100 cm³/mol. The van der Waals surface area contributed by atoms with Crippen LogP contribution in [0, 0.1) is 5.92 Å². The summed E-state index contributed by atoms with van der Waals surface area (Å²) in [6, 6.07) is 16.4. The van der Waals surface area contributed by atoms with Gasteiger partial charge in [-0.2, -0.15) is 0 Å². The number of para-hydroxylation sites is 2. The minimum Gasteiger partial charge on any atom is -0.465 e. The number of benzene rings is 2. The van der Waals surface area contributed by atoms with Crippen LogP contribution >= 0.6 is 0 Å². The number of carbonyl (C=O) groups excluding carboxylic acids is 1. The molecule has 0 amide bonds. The van der Waals surface area contributed by atoms with Crippen LogP contribution in [0.4, 0.5) is 11.4 Å². The molecule has 0 radical (unpaired) electrons. The molecule has 0 spiro atoms. The fourth-order valence-electron chi connectivity index (χ4n) is 3.53. The third kappa shape index (κ3) is 3.48. The molecule has 0 aromatic heterocycles. The summed E-state index contributed by atoms with van der Waals surface area (Å²) in [5.74, 6) is 0.607. The first-order chi connectivity index (χ1) is 12.2. The SMILES string of the molecule is COC(=O)c1ccc(CN2CCN(CC3CC3)c3ccccc32)cc1. The number of rotatable bonds is 5. The first-order valence-corrected chi connectivity index (χ1v) is 9.01. The van der Waals surface area contributed by atoms with E-state index in [2.05, 4.69) is 34.1 Å². The van der Waals surface area contributed by atoms with Gasteiger partial charge in [-0.3, -0.25) is 0 Å². The van der Waals surface area contributed by atoms with Crippen LogP contribution in [0.2, 0.25) is 0 Å². The highest BCUT2D eigenvalue weighted by atomic mass is 16.5. The van der Waals surface area contributed by atoms with Crippen LogP contribution in [0.15, 0.2) is 48.5 Å². The Labute approximate surface area is 149 Å². The van der Waals surface area contributed by atoms with Crippen molar-refractivity contribution in [3.8, 4) is 0 Å². The van der Waals surface area contributed by atoms with Crippen LogP contribution in [0.3, 0.4) is 0 Å². The number of hydrogen-bond acceptors (Lipinski definition) is 4. The quantitative estimate of drug-likeness (QED) is 0.779. The number of carbonyl (C=O) groups is 1. The molecule has 4 rings (SSSR count). The topological polar surface area (TPSA) is 32.8 Å². The zero-order valence-corrected chi connectivity index (χ0v) is 14.6. The number of methoxy groups -OCH3 is 1. The Bertz CT molecular complexity index is 753. The van der Waals surface area contributed by atoms with Crippen LogP contribution in [0.5, 0.6) is 0 Å². The Morgan fingerprint density at radius 1 is 1.00 bits per heavy atom. The molecular weight excluding hydrogens is 312 g/mol. The number of esters is 1. The van der Waals surface area contributed by atoms with Gasteiger partial charge in [-0.25, -0.2) is 4.79 Å². The number of fused-ring (bicyclic) bond motifs is 1. The van der Waals surface area contributed by atoms with Gasteiger partial charge in [-0.15, -0.1) is 0 Å². The lowest BCUT2D eigenvalue weighted by molar-refractivity contribution is 0.0600. The zero-order chi connectivity index (χ0) is 17.2. The summed E-state index contributed by atoms with van der Waals surface area (Å²) in [7, 11) is 1.41. The minimum absolute atomic E-state index is 0.286. The zero-order valence-electron chi connectivity index (χ0n) is 14.6. The predicted octanol–water partition coefficient (Wildman–Crippen LogP) is 3.71. The van der Waals surface area contributed by atoms with E-state index < -0.39 is 0 Å². The van der Waals surface area contributed by atoms with Gasteiger partial charge in [0.1, 0.15) is 0 Å². The summed E-state index contributed by atoms with van der Waals surface area (Å²) >= 11 is 0. The number of anilines is 2. The van der Waals surface area contributed by atoms with Crippen LogP contribution in [0.1, 0.15) is 28.8 Å². The molecule has 0 atom stereocenters. The maximum Gasteiger partial charge on any atom is 0.337 e. The fourth-order valence-corrected chi connectivity index (χ4v) is 3.53. The van der Waals surface area contributed by atoms with Crippen molar-refractivity contribution in [1.29, 1.82) is 0 Å². The maximum absolute atomic E-state index is 11.6. The molecule has 2 aliphatic rings. The van der Waals surface area contributed by atoms with E-state index in [4.69, 9.17) is 4.74 Å². The highest BCUT2D eigenvalue weighted by molar-refractivity contribution is 5.89. The Morgan fingerprint density at radius 2 is 1.64 bits per heavy atom. The molecule has 1 aliphatic heterocycles. The first-order valence-electron chi connectivity index (χ1n) is 9.01. The molecule has 1 aliphatic carbocycles. The molecular formula is C21H24N2O2. The van der Waals surface area contributed by atoms with E-state index in [1.54, 1.807) is 0 Å². The average Bonchev–Trinajstić information content (AvgIpc) is 3.48. The van der Waals surface area contributed by atoms with Crippen molar-refractivity contribution in [2.45, 2.75) is 19.4 Å². The Hall–Kier alpha value is -2.49. The molecule has 4 nitrogen and oxygen atoms in total. The molecule has 0 saturated heterocycles. The van der Waals surface area contributed by atoms with Crippen molar-refractivity contribution in [2.24, 2.45) is 5.92 Å². The normalized spacial score (nSPS) is 16.5. The molecule has 1 saturated carbocycles. The molecule has 2 aromatic rings. The Morgan fingerprint density at radius 3 is 2.28 bits per heavy atom. The summed E-state index contributed by atoms with van der Waals surface area (Å²) in [5, 5.41) is 0. The lowest BCUT2D eigenvalue weighted by Crippen LogP contribution is -2.41. The van der Waals surface area contributed by atoms with Crippen molar-refractivity contribution >= 4 is 17.3 Å². The van der Waals surface area contributed by atoms with Crippen molar-refractivity contribution in [3.05, 3.63) is 59.7 Å². The van der Waals surface area contributed by atoms with E-state index in [1.807, 2.05) is 24.3 Å². The average molecular weight is 336 g/mol.